The van der Waals surface area contributed by atoms with Gasteiger partial charge in [-0.05, 0) is 41.0 Å². The van der Waals surface area contributed by atoms with E-state index in [-0.39, 0.29) is 5.75 Å². The molecule has 98 valence electrons. The van der Waals surface area contributed by atoms with Crippen LogP contribution in [0.2, 0.25) is 5.02 Å². The minimum absolute atomic E-state index is 0.254. The summed E-state index contributed by atoms with van der Waals surface area (Å²) in [5.41, 5.74) is 4.24. The molecule has 0 amide bonds. The van der Waals surface area contributed by atoms with Crippen molar-refractivity contribution in [3.8, 4) is 28.0 Å². The molecule has 0 saturated heterocycles. The molecule has 0 radical (unpaired) electrons. The Balaban J connectivity index is 2.10. The molecule has 3 aromatic carbocycles. The molecule has 0 atom stereocenters. The first kappa shape index (κ1) is 12.8. The lowest BCUT2D eigenvalue weighted by Crippen LogP contribution is -1.83. The number of benzene rings is 3. The SMILES string of the molecule is Oc1ccc(-c2cc(-c3ccccc3)ccc2Cl)cc1. The van der Waals surface area contributed by atoms with E-state index >= 15 is 0 Å². The minimum Gasteiger partial charge on any atom is -0.508 e. The van der Waals surface area contributed by atoms with Crippen molar-refractivity contribution in [3.63, 3.8) is 0 Å². The maximum absolute atomic E-state index is 9.37. The molecule has 20 heavy (non-hydrogen) atoms. The Kier molecular flexibility index (Phi) is 3.44. The van der Waals surface area contributed by atoms with Crippen LogP contribution in [-0.2, 0) is 0 Å². The summed E-state index contributed by atoms with van der Waals surface area (Å²) in [5, 5.41) is 10.1. The smallest absolute Gasteiger partial charge is 0.115 e. The van der Waals surface area contributed by atoms with Gasteiger partial charge in [0.15, 0.2) is 0 Å². The average molecular weight is 281 g/mol. The van der Waals surface area contributed by atoms with Crippen LogP contribution in [0.5, 0.6) is 5.75 Å². The van der Waals surface area contributed by atoms with Crippen molar-refractivity contribution < 1.29 is 5.11 Å². The van der Waals surface area contributed by atoms with Crippen LogP contribution in [0.25, 0.3) is 22.3 Å². The lowest BCUT2D eigenvalue weighted by Gasteiger charge is -2.08. The summed E-state index contributed by atoms with van der Waals surface area (Å²) in [4.78, 5) is 0. The van der Waals surface area contributed by atoms with E-state index in [1.165, 1.54) is 0 Å². The third-order valence-corrected chi connectivity index (χ3v) is 3.58. The number of phenols is 1. The number of aromatic hydroxyl groups is 1. The van der Waals surface area contributed by atoms with Gasteiger partial charge in [0, 0.05) is 10.6 Å². The summed E-state index contributed by atoms with van der Waals surface area (Å²) in [5.74, 6) is 0.254. The van der Waals surface area contributed by atoms with E-state index in [0.717, 1.165) is 22.3 Å². The van der Waals surface area contributed by atoms with Gasteiger partial charge < -0.3 is 5.11 Å². The highest BCUT2D eigenvalue weighted by molar-refractivity contribution is 6.33. The highest BCUT2D eigenvalue weighted by Crippen LogP contribution is 2.33. The van der Waals surface area contributed by atoms with E-state index in [1.807, 2.05) is 42.5 Å². The molecule has 0 aromatic heterocycles. The van der Waals surface area contributed by atoms with E-state index in [4.69, 9.17) is 11.6 Å². The zero-order chi connectivity index (χ0) is 13.9. The Morgan fingerprint density at radius 2 is 1.30 bits per heavy atom. The lowest BCUT2D eigenvalue weighted by atomic mass is 9.99. The van der Waals surface area contributed by atoms with Crippen molar-refractivity contribution in [2.75, 3.05) is 0 Å². The molecule has 3 rings (SSSR count). The molecule has 3 aromatic rings. The Bertz CT molecular complexity index is 718. The van der Waals surface area contributed by atoms with Gasteiger partial charge in [-0.25, -0.2) is 0 Å². The van der Waals surface area contributed by atoms with Crippen LogP contribution in [-0.4, -0.2) is 5.11 Å². The maximum Gasteiger partial charge on any atom is 0.115 e. The second-order valence-electron chi connectivity index (χ2n) is 4.61. The number of halogens is 1. The summed E-state index contributed by atoms with van der Waals surface area (Å²) < 4.78 is 0. The molecule has 0 heterocycles. The summed E-state index contributed by atoms with van der Waals surface area (Å²) in [7, 11) is 0. The summed E-state index contributed by atoms with van der Waals surface area (Å²) in [6.45, 7) is 0. The standard InChI is InChI=1S/C18H13ClO/c19-18-11-8-15(13-4-2-1-3-5-13)12-17(18)14-6-9-16(20)10-7-14/h1-12,20H. The van der Waals surface area contributed by atoms with E-state index in [9.17, 15) is 5.11 Å². The van der Waals surface area contributed by atoms with Crippen molar-refractivity contribution in [3.05, 3.63) is 77.8 Å². The Labute approximate surface area is 123 Å². The molecule has 0 bridgehead atoms. The topological polar surface area (TPSA) is 20.2 Å². The molecular formula is C18H13ClO. The number of hydrogen-bond acceptors (Lipinski definition) is 1. The number of phenolic OH excluding ortho intramolecular Hbond substituents is 1. The molecular weight excluding hydrogens is 268 g/mol. The third-order valence-electron chi connectivity index (χ3n) is 3.25. The Hall–Kier alpha value is -2.25. The number of rotatable bonds is 2. The second kappa shape index (κ2) is 5.40. The molecule has 0 aliphatic heterocycles. The van der Waals surface area contributed by atoms with Crippen LogP contribution in [0.1, 0.15) is 0 Å². The molecule has 2 heteroatoms. The fourth-order valence-electron chi connectivity index (χ4n) is 2.20. The van der Waals surface area contributed by atoms with E-state index in [1.54, 1.807) is 12.1 Å². The van der Waals surface area contributed by atoms with Crippen LogP contribution in [0, 0.1) is 0 Å². The molecule has 0 fully saturated rings. The van der Waals surface area contributed by atoms with Gasteiger partial charge in [0.1, 0.15) is 5.75 Å². The molecule has 0 saturated carbocycles. The van der Waals surface area contributed by atoms with Gasteiger partial charge in [-0.2, -0.15) is 0 Å². The first-order chi connectivity index (χ1) is 9.74. The molecule has 1 nitrogen and oxygen atoms in total. The Morgan fingerprint density at radius 3 is 2.00 bits per heavy atom. The first-order valence-electron chi connectivity index (χ1n) is 6.38. The maximum atomic E-state index is 9.37. The molecule has 1 N–H and O–H groups in total. The zero-order valence-electron chi connectivity index (χ0n) is 10.8. The van der Waals surface area contributed by atoms with E-state index in [2.05, 4.69) is 18.2 Å². The van der Waals surface area contributed by atoms with Gasteiger partial charge >= 0.3 is 0 Å². The first-order valence-corrected chi connectivity index (χ1v) is 6.76. The van der Waals surface area contributed by atoms with Crippen molar-refractivity contribution in [1.82, 2.24) is 0 Å². The lowest BCUT2D eigenvalue weighted by molar-refractivity contribution is 0.475. The second-order valence-corrected chi connectivity index (χ2v) is 5.01. The van der Waals surface area contributed by atoms with Crippen molar-refractivity contribution >= 4 is 11.6 Å². The fourth-order valence-corrected chi connectivity index (χ4v) is 2.42. The monoisotopic (exact) mass is 280 g/mol. The summed E-state index contributed by atoms with van der Waals surface area (Å²) >= 11 is 6.30. The van der Waals surface area contributed by atoms with Crippen molar-refractivity contribution in [1.29, 1.82) is 0 Å². The summed E-state index contributed by atoms with van der Waals surface area (Å²) in [6.07, 6.45) is 0. The van der Waals surface area contributed by atoms with E-state index in [0.29, 0.717) is 5.02 Å². The quantitative estimate of drug-likeness (QED) is 0.668. The van der Waals surface area contributed by atoms with Crippen LogP contribution < -0.4 is 0 Å². The average Bonchev–Trinajstić information content (AvgIpc) is 2.50. The highest BCUT2D eigenvalue weighted by Gasteiger charge is 2.06. The largest absolute Gasteiger partial charge is 0.508 e. The van der Waals surface area contributed by atoms with Gasteiger partial charge in [-0.1, -0.05) is 60.1 Å². The van der Waals surface area contributed by atoms with Gasteiger partial charge in [0.2, 0.25) is 0 Å². The van der Waals surface area contributed by atoms with Gasteiger partial charge in [-0.15, -0.1) is 0 Å². The highest BCUT2D eigenvalue weighted by atomic mass is 35.5. The molecule has 0 spiro atoms. The minimum atomic E-state index is 0.254. The molecule has 0 aliphatic carbocycles. The predicted octanol–water partition coefficient (Wildman–Crippen LogP) is 5.38. The third kappa shape index (κ3) is 2.54. The fraction of sp³-hybridized carbons (Fsp3) is 0. The normalized spacial score (nSPS) is 10.4. The zero-order valence-corrected chi connectivity index (χ0v) is 11.5. The van der Waals surface area contributed by atoms with Crippen LogP contribution in [0.15, 0.2) is 72.8 Å². The summed E-state index contributed by atoms with van der Waals surface area (Å²) in [6, 6.07) is 23.2. The van der Waals surface area contributed by atoms with Crippen LogP contribution in [0.3, 0.4) is 0 Å². The van der Waals surface area contributed by atoms with Gasteiger partial charge in [0.25, 0.3) is 0 Å². The Morgan fingerprint density at radius 1 is 0.650 bits per heavy atom. The van der Waals surface area contributed by atoms with E-state index < -0.39 is 0 Å². The van der Waals surface area contributed by atoms with Crippen molar-refractivity contribution in [2.45, 2.75) is 0 Å². The number of hydrogen-bond donors (Lipinski definition) is 1. The van der Waals surface area contributed by atoms with Gasteiger partial charge in [0.05, 0.1) is 0 Å². The molecule has 0 unspecified atom stereocenters. The predicted molar refractivity (Wildman–Crippen MR) is 84.0 cm³/mol. The molecule has 0 aliphatic rings. The van der Waals surface area contributed by atoms with Crippen molar-refractivity contribution in [2.24, 2.45) is 0 Å². The van der Waals surface area contributed by atoms with Crippen LogP contribution >= 0.6 is 11.6 Å². The van der Waals surface area contributed by atoms with Crippen LogP contribution in [0.4, 0.5) is 0 Å². The van der Waals surface area contributed by atoms with Gasteiger partial charge in [-0.3, -0.25) is 0 Å².